The second-order valence-electron chi connectivity index (χ2n) is 27.6. The molecule has 2 unspecified atom stereocenters. The number of carboxylic acids is 1. The van der Waals surface area contributed by atoms with Crippen molar-refractivity contribution in [2.75, 3.05) is 47.5 Å². The van der Waals surface area contributed by atoms with E-state index in [9.17, 15) is 19.5 Å². The number of nitrogens with zero attached hydrogens (tertiary/aromatic N) is 1. The zero-order chi connectivity index (χ0) is 71.8. The van der Waals surface area contributed by atoms with Gasteiger partial charge in [0.25, 0.3) is 6.29 Å². The molecule has 2 atom stereocenters. The van der Waals surface area contributed by atoms with E-state index >= 15 is 0 Å². The van der Waals surface area contributed by atoms with Gasteiger partial charge < -0.3 is 28.5 Å². The van der Waals surface area contributed by atoms with Crippen molar-refractivity contribution in [1.29, 1.82) is 0 Å². The van der Waals surface area contributed by atoms with Gasteiger partial charge in [0.1, 0.15) is 13.2 Å². The van der Waals surface area contributed by atoms with Crippen LogP contribution in [0.2, 0.25) is 0 Å². The Balaban J connectivity index is 4.06. The van der Waals surface area contributed by atoms with E-state index in [0.29, 0.717) is 23.9 Å². The number of carboxylic acid groups (broad SMARTS) is 1. The first-order valence-corrected chi connectivity index (χ1v) is 40.3. The van der Waals surface area contributed by atoms with Crippen LogP contribution in [0.3, 0.4) is 0 Å². The molecule has 9 nitrogen and oxygen atoms in total. The molecule has 0 spiro atoms. The summed E-state index contributed by atoms with van der Waals surface area (Å²) in [7, 11) is 5.98. The highest BCUT2D eigenvalue weighted by Crippen LogP contribution is 2.18. The van der Waals surface area contributed by atoms with Crippen molar-refractivity contribution in [3.8, 4) is 0 Å². The average Bonchev–Trinajstić information content (AvgIpc) is 1.14. The molecule has 0 fully saturated rings. The third-order valence-electron chi connectivity index (χ3n) is 17.0. The summed E-state index contributed by atoms with van der Waals surface area (Å²) in [6, 6.07) is 0. The Morgan fingerprint density at radius 2 is 0.545 bits per heavy atom. The van der Waals surface area contributed by atoms with Crippen LogP contribution in [0.1, 0.15) is 322 Å². The quantitative estimate of drug-likeness (QED) is 0.0211. The van der Waals surface area contributed by atoms with Gasteiger partial charge in [0, 0.05) is 12.8 Å². The molecule has 0 aliphatic rings. The molecule has 0 bridgehead atoms. The van der Waals surface area contributed by atoms with E-state index in [2.05, 4.69) is 184 Å². The van der Waals surface area contributed by atoms with E-state index in [-0.39, 0.29) is 32.2 Å². The molecule has 99 heavy (non-hydrogen) atoms. The lowest BCUT2D eigenvalue weighted by atomic mass is 10.0. The number of hydrogen-bond donors (Lipinski definition) is 1. The molecule has 0 radical (unpaired) electrons. The number of quaternary nitrogens is 1. The van der Waals surface area contributed by atoms with Gasteiger partial charge in [-0.25, -0.2) is 4.79 Å². The highest BCUT2D eigenvalue weighted by atomic mass is 16.7. The molecule has 0 saturated carbocycles. The third kappa shape index (κ3) is 79.8. The largest absolute Gasteiger partial charge is 0.477 e. The van der Waals surface area contributed by atoms with Gasteiger partial charge in [0.05, 0.1) is 34.4 Å². The molecule has 0 aliphatic carbocycles. The number of carbonyl (C=O) groups is 3. The number of ether oxygens (including phenoxy) is 4. The minimum Gasteiger partial charge on any atom is -0.477 e. The molecule has 0 amide bonds. The number of allylic oxidation sites excluding steroid dienone is 28. The van der Waals surface area contributed by atoms with Crippen LogP contribution < -0.4 is 0 Å². The number of aliphatic carboxylic acids is 1. The molecule has 0 heterocycles. The molecule has 562 valence electrons. The number of hydrogen-bond acceptors (Lipinski definition) is 7. The van der Waals surface area contributed by atoms with Crippen molar-refractivity contribution in [2.24, 2.45) is 0 Å². The van der Waals surface area contributed by atoms with Crippen LogP contribution in [-0.4, -0.2) is 87.4 Å². The van der Waals surface area contributed by atoms with Gasteiger partial charge in [-0.15, -0.1) is 0 Å². The summed E-state index contributed by atoms with van der Waals surface area (Å²) in [6.45, 7) is 4.66. The van der Waals surface area contributed by atoms with E-state index in [1.165, 1.54) is 167 Å². The Bertz CT molecular complexity index is 2240. The van der Waals surface area contributed by atoms with Gasteiger partial charge in [-0.3, -0.25) is 9.59 Å². The molecule has 9 heteroatoms. The maximum atomic E-state index is 13.0. The van der Waals surface area contributed by atoms with E-state index in [1.807, 2.05) is 21.1 Å². The van der Waals surface area contributed by atoms with E-state index in [4.69, 9.17) is 18.9 Å². The fourth-order valence-corrected chi connectivity index (χ4v) is 10.9. The average molecular weight is 1370 g/mol. The Morgan fingerprint density at radius 1 is 0.303 bits per heavy atom. The zero-order valence-corrected chi connectivity index (χ0v) is 64.3. The van der Waals surface area contributed by atoms with Crippen LogP contribution in [0.4, 0.5) is 0 Å². The van der Waals surface area contributed by atoms with Crippen LogP contribution in [-0.2, 0) is 33.3 Å². The Labute approximate surface area is 609 Å². The highest BCUT2D eigenvalue weighted by Gasteiger charge is 2.25. The maximum absolute atomic E-state index is 13.0. The minimum absolute atomic E-state index is 0.182. The lowest BCUT2D eigenvalue weighted by Crippen LogP contribution is -2.40. The Hall–Kier alpha value is -5.35. The number of carbonyl (C=O) groups excluding carboxylic acids is 2. The first kappa shape index (κ1) is 93.6. The van der Waals surface area contributed by atoms with Crippen LogP contribution in [0, 0.1) is 0 Å². The van der Waals surface area contributed by atoms with Gasteiger partial charge in [-0.1, -0.05) is 351 Å². The van der Waals surface area contributed by atoms with E-state index < -0.39 is 24.3 Å². The molecule has 0 aromatic rings. The van der Waals surface area contributed by atoms with E-state index in [1.54, 1.807) is 0 Å². The summed E-state index contributed by atoms with van der Waals surface area (Å²) >= 11 is 0. The lowest BCUT2D eigenvalue weighted by Gasteiger charge is -2.25. The Morgan fingerprint density at radius 3 is 0.808 bits per heavy atom. The van der Waals surface area contributed by atoms with Crippen molar-refractivity contribution in [3.05, 3.63) is 170 Å². The fraction of sp³-hybridized carbons (Fsp3) is 0.656. The SMILES string of the molecule is CC/C=C\C/C=C\C/C=C\C/C=C\C/C=C\C/C=C\C/C=C\CCCCCCCCCCCCCCCCCCCC(=O)OC(COC(=O)CCCCCCCCCCCCCCC/C=C\C/C=C\C/C=C\C/C=C\C/C=C\C/C=C\C/C=C\CC)COC(OCC[N+](C)(C)C)C(=O)O. The van der Waals surface area contributed by atoms with Crippen LogP contribution in [0.15, 0.2) is 170 Å². The van der Waals surface area contributed by atoms with Crippen LogP contribution >= 0.6 is 0 Å². The maximum Gasteiger partial charge on any atom is 0.361 e. The van der Waals surface area contributed by atoms with Crippen molar-refractivity contribution in [1.82, 2.24) is 0 Å². The second kappa shape index (κ2) is 78.4. The molecule has 0 saturated heterocycles. The van der Waals surface area contributed by atoms with Crippen LogP contribution in [0.25, 0.3) is 0 Å². The van der Waals surface area contributed by atoms with E-state index in [0.717, 1.165) is 122 Å². The standard InChI is InChI=1S/C90H149NO8/c1-6-8-10-12-14-16-18-20-22-24-26-28-30-32-34-36-38-40-42-43-44-45-47-49-51-53-55-57-59-61-63-65-67-69-71-73-75-77-79-81-88(93)99-86(85-98-90(89(94)95)96-83-82-91(3,4)5)84-97-87(92)80-78-76-74-72-70-68-66-64-62-60-58-56-54-52-50-48-46-41-39-37-35-33-31-29-27-25-23-21-19-17-15-13-11-9-7-2/h8-11,14-17,20-23,26-29,32-35,38-41,43-44,48,50,86,90H,6-7,12-13,18-19,24-25,30-31,36-37,42,45-47,49,51-85H2,1-5H3/p+1/b10-8-,11-9-,16-14-,17-15-,22-20-,23-21-,28-26-,29-27-,34-32-,35-33-,40-38-,41-39-,44-43-,50-48-. The van der Waals surface area contributed by atoms with Crippen molar-refractivity contribution < 1.29 is 42.9 Å². The monoisotopic (exact) mass is 1370 g/mol. The number of unbranched alkanes of at least 4 members (excludes halogenated alkanes) is 30. The number of esters is 2. The molecule has 0 aromatic carbocycles. The summed E-state index contributed by atoms with van der Waals surface area (Å²) in [5.74, 6) is -2.00. The third-order valence-corrected chi connectivity index (χ3v) is 17.0. The number of rotatable bonds is 73. The highest BCUT2D eigenvalue weighted by molar-refractivity contribution is 5.71. The molecule has 1 N–H and O–H groups in total. The lowest BCUT2D eigenvalue weighted by molar-refractivity contribution is -0.870. The summed E-state index contributed by atoms with van der Waals surface area (Å²) in [5, 5.41) is 9.78. The predicted octanol–water partition coefficient (Wildman–Crippen LogP) is 26.1. The second-order valence-corrected chi connectivity index (χ2v) is 27.6. The first-order chi connectivity index (χ1) is 48.6. The smallest absolute Gasteiger partial charge is 0.361 e. The number of likely N-dealkylation sites (N-methyl/N-ethyl adjacent to an activating group) is 1. The predicted molar refractivity (Wildman–Crippen MR) is 428 cm³/mol. The van der Waals surface area contributed by atoms with Crippen LogP contribution in [0.5, 0.6) is 0 Å². The first-order valence-electron chi connectivity index (χ1n) is 40.3. The molecular formula is C90H150NO8+. The van der Waals surface area contributed by atoms with Gasteiger partial charge in [-0.2, -0.15) is 0 Å². The Kier molecular flexibility index (Phi) is 74.1. The fourth-order valence-electron chi connectivity index (χ4n) is 10.9. The molecule has 0 rings (SSSR count). The summed E-state index contributed by atoms with van der Waals surface area (Å²) < 4.78 is 23.0. The van der Waals surface area contributed by atoms with Gasteiger partial charge in [0.2, 0.25) is 0 Å². The summed E-state index contributed by atoms with van der Waals surface area (Å²) in [5.41, 5.74) is 0. The summed E-state index contributed by atoms with van der Waals surface area (Å²) in [6.07, 6.45) is 115. The van der Waals surface area contributed by atoms with Gasteiger partial charge in [0.15, 0.2) is 6.10 Å². The van der Waals surface area contributed by atoms with Crippen molar-refractivity contribution in [3.63, 3.8) is 0 Å². The molecular weight excluding hydrogens is 1220 g/mol. The molecule has 0 aromatic heterocycles. The summed E-state index contributed by atoms with van der Waals surface area (Å²) in [4.78, 5) is 37.8. The minimum atomic E-state index is -1.52. The van der Waals surface area contributed by atoms with Crippen molar-refractivity contribution >= 4 is 17.9 Å². The van der Waals surface area contributed by atoms with Gasteiger partial charge in [-0.05, 0) is 128 Å². The van der Waals surface area contributed by atoms with Crippen molar-refractivity contribution in [2.45, 2.75) is 334 Å². The topological polar surface area (TPSA) is 108 Å². The molecule has 0 aliphatic heterocycles. The zero-order valence-electron chi connectivity index (χ0n) is 64.3. The van der Waals surface area contributed by atoms with Gasteiger partial charge >= 0.3 is 17.9 Å². The normalized spacial score (nSPS) is 13.6.